The molecule has 0 aromatic carbocycles. The Morgan fingerprint density at radius 1 is 1.20 bits per heavy atom. The molecule has 1 aliphatic rings. The van der Waals surface area contributed by atoms with Crippen LogP contribution in [0.3, 0.4) is 0 Å². The van der Waals surface area contributed by atoms with E-state index in [1.54, 1.807) is 18.8 Å². The van der Waals surface area contributed by atoms with Crippen LogP contribution in [-0.4, -0.2) is 11.1 Å². The molecule has 114 valence electrons. The van der Waals surface area contributed by atoms with Gasteiger partial charge in [0.1, 0.15) is 0 Å². The summed E-state index contributed by atoms with van der Waals surface area (Å²) in [6.07, 6.45) is 3.01. The molecule has 2 heterocycles. The molecule has 0 saturated carbocycles. The third-order valence-electron chi connectivity index (χ3n) is 3.33. The number of rotatable bonds is 1. The minimum absolute atomic E-state index is 0. The standard InChI is InChI=1S/C14H18OP2.CH3.ClH.Pt/c1-9-5-13(16-7-11(9)3)14-6-10(2)12(4)8-17(14)15;;;/h5-7,15H,8H2,1-4H3;1H3;1H;/q;-1;;+2/p-1. The van der Waals surface area contributed by atoms with Gasteiger partial charge in [-0.1, -0.05) is 19.3 Å². The molecule has 1 unspecified atom stereocenters. The van der Waals surface area contributed by atoms with Crippen molar-refractivity contribution < 1.29 is 23.7 Å². The van der Waals surface area contributed by atoms with Gasteiger partial charge in [-0.15, -0.1) is 0 Å². The van der Waals surface area contributed by atoms with Crippen LogP contribution >= 0.6 is 25.8 Å². The second kappa shape index (κ2) is 9.50. The number of allylic oxidation sites excluding steroid dienone is 3. The van der Waals surface area contributed by atoms with Crippen molar-refractivity contribution in [1.29, 1.82) is 0 Å². The van der Waals surface area contributed by atoms with Gasteiger partial charge < -0.3 is 12.3 Å². The van der Waals surface area contributed by atoms with Crippen LogP contribution < -0.4 is 0 Å². The van der Waals surface area contributed by atoms with E-state index in [9.17, 15) is 4.89 Å². The Morgan fingerprint density at radius 3 is 2.35 bits per heavy atom. The van der Waals surface area contributed by atoms with Crippen LogP contribution in [0.2, 0.25) is 0 Å². The van der Waals surface area contributed by atoms with E-state index in [1.165, 1.54) is 35.8 Å². The molecule has 5 heteroatoms. The van der Waals surface area contributed by atoms with E-state index < -0.39 is 8.15 Å². The zero-order valence-electron chi connectivity index (χ0n) is 12.5. The Hall–Kier alpha value is 0.498. The summed E-state index contributed by atoms with van der Waals surface area (Å²) in [6.45, 7) is 8.53. The van der Waals surface area contributed by atoms with Crippen molar-refractivity contribution in [1.82, 2.24) is 0 Å². The molecule has 1 N–H and O–H groups in total. The Morgan fingerprint density at radius 2 is 1.80 bits per heavy atom. The minimum atomic E-state index is -0.992. The van der Waals surface area contributed by atoms with Crippen LogP contribution in [0.15, 0.2) is 29.1 Å². The Kier molecular flexibility index (Phi) is 9.74. The second-order valence-corrected chi connectivity index (χ2v) is 7.30. The van der Waals surface area contributed by atoms with Crippen molar-refractivity contribution in [3.8, 4) is 0 Å². The van der Waals surface area contributed by atoms with Gasteiger partial charge in [-0.25, -0.2) is 0 Å². The van der Waals surface area contributed by atoms with Gasteiger partial charge in [-0.05, 0) is 56.8 Å². The van der Waals surface area contributed by atoms with Gasteiger partial charge >= 0.3 is 28.2 Å². The quantitative estimate of drug-likeness (QED) is 0.358. The molecule has 0 saturated heterocycles. The second-order valence-electron chi connectivity index (χ2n) is 4.70. The van der Waals surface area contributed by atoms with Crippen LogP contribution in [0.1, 0.15) is 30.3 Å². The summed E-state index contributed by atoms with van der Waals surface area (Å²) in [6, 6.07) is 2.22. The van der Waals surface area contributed by atoms with Crippen molar-refractivity contribution in [2.45, 2.75) is 27.7 Å². The Balaban J connectivity index is 0.00000115. The van der Waals surface area contributed by atoms with E-state index in [0.29, 0.717) is 0 Å². The van der Waals surface area contributed by atoms with E-state index in [2.05, 4.69) is 55.1 Å². The predicted molar refractivity (Wildman–Crippen MR) is 91.1 cm³/mol. The fraction of sp³-hybridized carbons (Fsp3) is 0.333. The van der Waals surface area contributed by atoms with Crippen LogP contribution in [0.25, 0.3) is 5.31 Å². The molecule has 1 nitrogen and oxygen atoms in total. The first-order valence-electron chi connectivity index (χ1n) is 5.89. The fourth-order valence-corrected chi connectivity index (χ4v) is 4.87. The first-order valence-corrected chi connectivity index (χ1v) is 11.1. The van der Waals surface area contributed by atoms with Gasteiger partial charge in [0.15, 0.2) is 0 Å². The van der Waals surface area contributed by atoms with E-state index >= 15 is 0 Å². The van der Waals surface area contributed by atoms with E-state index in [1.807, 2.05) is 0 Å². The number of hydrogen-bond donors (Lipinski definition) is 1. The van der Waals surface area contributed by atoms with Gasteiger partial charge in [0.05, 0.1) is 8.15 Å². The zero-order valence-corrected chi connectivity index (χ0v) is 17.3. The van der Waals surface area contributed by atoms with Crippen molar-refractivity contribution in [3.63, 3.8) is 0 Å². The van der Waals surface area contributed by atoms with Crippen molar-refractivity contribution in [3.05, 3.63) is 52.9 Å². The zero-order chi connectivity index (χ0) is 14.6. The van der Waals surface area contributed by atoms with E-state index in [4.69, 9.17) is 0 Å². The average molecular weight is 510 g/mol. The number of halogens is 1. The summed E-state index contributed by atoms with van der Waals surface area (Å²) in [5.41, 5.74) is 5.29. The molecular formula is C15H21ClOP2Pt. The summed E-state index contributed by atoms with van der Waals surface area (Å²) in [5, 5.41) is 2.43. The number of aryl methyl sites for hydroxylation is 2. The van der Waals surface area contributed by atoms with E-state index in [-0.39, 0.29) is 7.43 Å². The molecule has 1 aromatic rings. The van der Waals surface area contributed by atoms with Crippen molar-refractivity contribution in [2.75, 3.05) is 6.16 Å². The molecule has 0 amide bonds. The first kappa shape index (κ1) is 20.5. The summed E-state index contributed by atoms with van der Waals surface area (Å²) in [5.74, 6) is 2.23. The third-order valence-corrected chi connectivity index (χ3v) is 6.37. The first-order chi connectivity index (χ1) is 8.99. The summed E-state index contributed by atoms with van der Waals surface area (Å²) >= 11 is 1.61. The molecule has 0 spiro atoms. The van der Waals surface area contributed by atoms with Gasteiger partial charge in [0.2, 0.25) is 0 Å². The van der Waals surface area contributed by atoms with Gasteiger partial charge in [-0.3, -0.25) is 0 Å². The van der Waals surface area contributed by atoms with Gasteiger partial charge in [0.25, 0.3) is 0 Å². The molecule has 0 bridgehead atoms. The molecule has 1 aromatic heterocycles. The maximum atomic E-state index is 10.2. The van der Waals surface area contributed by atoms with Crippen molar-refractivity contribution in [2.24, 2.45) is 0 Å². The number of hydrogen-bond acceptors (Lipinski definition) is 1. The normalized spacial score (nSPS) is 18.2. The average Bonchev–Trinajstić information content (AvgIpc) is 2.40. The third kappa shape index (κ3) is 5.05. The Bertz CT molecular complexity index is 527. The molecular weight excluding hydrogens is 489 g/mol. The summed E-state index contributed by atoms with van der Waals surface area (Å²) < 4.78 is 0. The van der Waals surface area contributed by atoms with Crippen LogP contribution in [0, 0.1) is 21.3 Å². The molecule has 1 aliphatic heterocycles. The maximum absolute atomic E-state index is 10.2. The monoisotopic (exact) mass is 509 g/mol. The summed E-state index contributed by atoms with van der Waals surface area (Å²) in [7, 11) is 4.84. The predicted octanol–water partition coefficient (Wildman–Crippen LogP) is 6.10. The molecule has 2 rings (SSSR count). The topological polar surface area (TPSA) is 20.2 Å². The SMILES string of the molecule is CC1=C(C)CP(O)C(c2cc(C)c(C)cp2)=C1.[CH3-].[Cl][Pt+]. The molecule has 0 aliphatic carbocycles. The van der Waals surface area contributed by atoms with Gasteiger partial charge in [0, 0.05) is 16.8 Å². The fourth-order valence-electron chi connectivity index (χ4n) is 1.81. The Labute approximate surface area is 141 Å². The summed E-state index contributed by atoms with van der Waals surface area (Å²) in [4.78, 5) is 10.2. The van der Waals surface area contributed by atoms with Crippen LogP contribution in [-0.2, 0) is 18.8 Å². The van der Waals surface area contributed by atoms with Gasteiger partial charge in [-0.2, -0.15) is 0 Å². The molecule has 1 atom stereocenters. The van der Waals surface area contributed by atoms with Crippen LogP contribution in [0.5, 0.6) is 0 Å². The van der Waals surface area contributed by atoms with E-state index in [0.717, 1.165) is 11.5 Å². The molecule has 0 fully saturated rings. The molecule has 20 heavy (non-hydrogen) atoms. The van der Waals surface area contributed by atoms with Crippen LogP contribution in [0.4, 0.5) is 0 Å². The molecule has 0 radical (unpaired) electrons. The van der Waals surface area contributed by atoms with Crippen molar-refractivity contribution >= 4 is 31.1 Å².